The van der Waals surface area contributed by atoms with Crippen molar-refractivity contribution in [2.24, 2.45) is 7.05 Å². The molecule has 1 N–H and O–H groups in total. The lowest BCUT2D eigenvalue weighted by molar-refractivity contribution is 0.271. The normalized spacial score (nSPS) is 10.9. The van der Waals surface area contributed by atoms with Gasteiger partial charge in [-0.15, -0.1) is 0 Å². The van der Waals surface area contributed by atoms with Crippen LogP contribution in [0.2, 0.25) is 5.02 Å². The summed E-state index contributed by atoms with van der Waals surface area (Å²) in [6.07, 6.45) is 1.61. The van der Waals surface area contributed by atoms with Crippen molar-refractivity contribution in [3.63, 3.8) is 0 Å². The zero-order valence-electron chi connectivity index (χ0n) is 9.73. The third kappa shape index (κ3) is 2.85. The first-order chi connectivity index (χ1) is 8.61. The van der Waals surface area contributed by atoms with Crippen LogP contribution < -0.4 is 0 Å². The average Bonchev–Trinajstić information content (AvgIpc) is 2.71. The van der Waals surface area contributed by atoms with Crippen LogP contribution in [0.5, 0.6) is 0 Å². The molecule has 6 heteroatoms. The second kappa shape index (κ2) is 5.73. The van der Waals surface area contributed by atoms with Gasteiger partial charge in [-0.25, -0.2) is 9.37 Å². The fourth-order valence-corrected chi connectivity index (χ4v) is 2.64. The highest BCUT2D eigenvalue weighted by Crippen LogP contribution is 2.25. The molecule has 0 aliphatic heterocycles. The predicted molar refractivity (Wildman–Crippen MR) is 70.1 cm³/mol. The molecule has 2 aromatic rings. The quantitative estimate of drug-likeness (QED) is 0.878. The van der Waals surface area contributed by atoms with E-state index < -0.39 is 0 Å². The van der Waals surface area contributed by atoms with Crippen LogP contribution in [-0.4, -0.2) is 14.7 Å². The molecule has 0 bridgehead atoms. The summed E-state index contributed by atoms with van der Waals surface area (Å²) in [7, 11) is 1.81. The smallest absolute Gasteiger partial charge is 0.168 e. The van der Waals surface area contributed by atoms with Gasteiger partial charge >= 0.3 is 0 Å². The Labute approximate surface area is 114 Å². The lowest BCUT2D eigenvalue weighted by atomic mass is 10.2. The van der Waals surface area contributed by atoms with E-state index in [1.165, 1.54) is 23.9 Å². The molecule has 0 saturated heterocycles. The van der Waals surface area contributed by atoms with Gasteiger partial charge in [-0.1, -0.05) is 23.4 Å². The van der Waals surface area contributed by atoms with E-state index in [1.807, 2.05) is 7.05 Å². The maximum atomic E-state index is 13.5. The number of nitrogens with zero attached hydrogens (tertiary/aromatic N) is 2. The summed E-state index contributed by atoms with van der Waals surface area (Å²) in [5.41, 5.74) is 1.27. The van der Waals surface area contributed by atoms with Crippen molar-refractivity contribution < 1.29 is 9.50 Å². The number of halogens is 2. The Hall–Kier alpha value is -1.04. The Morgan fingerprint density at radius 2 is 2.28 bits per heavy atom. The first-order valence-corrected chi connectivity index (χ1v) is 6.66. The second-order valence-corrected chi connectivity index (χ2v) is 5.15. The van der Waals surface area contributed by atoms with E-state index in [4.69, 9.17) is 16.7 Å². The second-order valence-electron chi connectivity index (χ2n) is 3.77. The van der Waals surface area contributed by atoms with Crippen LogP contribution in [0.1, 0.15) is 11.3 Å². The third-order valence-electron chi connectivity index (χ3n) is 2.57. The van der Waals surface area contributed by atoms with Crippen LogP contribution in [0.25, 0.3) is 0 Å². The fraction of sp³-hybridized carbons (Fsp3) is 0.250. The summed E-state index contributed by atoms with van der Waals surface area (Å²) in [4.78, 5) is 4.16. The van der Waals surface area contributed by atoms with E-state index in [-0.39, 0.29) is 12.4 Å². The number of thioether (sulfide) groups is 1. The molecule has 0 fully saturated rings. The van der Waals surface area contributed by atoms with E-state index in [1.54, 1.807) is 16.8 Å². The zero-order valence-corrected chi connectivity index (χ0v) is 11.3. The first-order valence-electron chi connectivity index (χ1n) is 5.30. The Bertz CT molecular complexity index is 559. The monoisotopic (exact) mass is 286 g/mol. The van der Waals surface area contributed by atoms with Crippen molar-refractivity contribution in [2.45, 2.75) is 17.5 Å². The molecule has 1 aromatic carbocycles. The van der Waals surface area contributed by atoms with Crippen LogP contribution in [0.4, 0.5) is 4.39 Å². The van der Waals surface area contributed by atoms with E-state index in [9.17, 15) is 4.39 Å². The summed E-state index contributed by atoms with van der Waals surface area (Å²) < 4.78 is 15.3. The lowest BCUT2D eigenvalue weighted by Crippen LogP contribution is -1.98. The minimum Gasteiger partial charge on any atom is -0.390 e. The van der Waals surface area contributed by atoms with Crippen LogP contribution in [0.3, 0.4) is 0 Å². The number of aliphatic hydroxyl groups excluding tert-OH is 1. The van der Waals surface area contributed by atoms with Gasteiger partial charge in [0.1, 0.15) is 5.82 Å². The molecule has 0 unspecified atom stereocenters. The zero-order chi connectivity index (χ0) is 13.1. The number of hydrogen-bond donors (Lipinski definition) is 1. The van der Waals surface area contributed by atoms with Gasteiger partial charge in [0.2, 0.25) is 0 Å². The molecule has 0 amide bonds. The number of rotatable bonds is 4. The molecule has 0 radical (unpaired) electrons. The molecule has 0 aliphatic rings. The van der Waals surface area contributed by atoms with Crippen LogP contribution in [0.15, 0.2) is 29.6 Å². The van der Waals surface area contributed by atoms with Gasteiger partial charge < -0.3 is 9.67 Å². The fourth-order valence-electron chi connectivity index (χ4n) is 1.50. The van der Waals surface area contributed by atoms with Gasteiger partial charge in [0.05, 0.1) is 18.5 Å². The van der Waals surface area contributed by atoms with E-state index >= 15 is 0 Å². The minimum atomic E-state index is -0.275. The number of benzene rings is 1. The van der Waals surface area contributed by atoms with Crippen molar-refractivity contribution in [3.8, 4) is 0 Å². The van der Waals surface area contributed by atoms with Gasteiger partial charge in [-0.3, -0.25) is 0 Å². The molecule has 1 heterocycles. The van der Waals surface area contributed by atoms with Gasteiger partial charge in [0, 0.05) is 17.8 Å². The van der Waals surface area contributed by atoms with Gasteiger partial charge in [-0.2, -0.15) is 0 Å². The maximum Gasteiger partial charge on any atom is 0.168 e. The Balaban J connectivity index is 2.11. The molecule has 0 spiro atoms. The van der Waals surface area contributed by atoms with E-state index in [2.05, 4.69) is 4.98 Å². The molecule has 0 atom stereocenters. The van der Waals surface area contributed by atoms with Crippen molar-refractivity contribution in [1.82, 2.24) is 9.55 Å². The molecule has 18 heavy (non-hydrogen) atoms. The molecule has 0 aliphatic carbocycles. The Kier molecular flexibility index (Phi) is 4.27. The minimum absolute atomic E-state index is 0.0599. The molecular formula is C12H12ClFN2OS. The molecule has 0 saturated carbocycles. The standard InChI is InChI=1S/C12H12ClFN2OS/c1-16-10(6-17)5-15-12(16)18-7-8-4-9(13)2-3-11(8)14/h2-5,17H,6-7H2,1H3. The van der Waals surface area contributed by atoms with Crippen LogP contribution in [-0.2, 0) is 19.4 Å². The van der Waals surface area contributed by atoms with Crippen LogP contribution in [0, 0.1) is 5.82 Å². The highest BCUT2D eigenvalue weighted by molar-refractivity contribution is 7.98. The summed E-state index contributed by atoms with van der Waals surface area (Å²) in [5, 5.41) is 10.3. The first kappa shape index (κ1) is 13.4. The van der Waals surface area contributed by atoms with E-state index in [0.29, 0.717) is 16.3 Å². The Morgan fingerprint density at radius 3 is 2.94 bits per heavy atom. The van der Waals surface area contributed by atoms with Gasteiger partial charge in [0.15, 0.2) is 5.16 Å². The molecular weight excluding hydrogens is 275 g/mol. The summed E-state index contributed by atoms with van der Waals surface area (Å²) in [6, 6.07) is 4.49. The van der Waals surface area contributed by atoms with Gasteiger partial charge in [0.25, 0.3) is 0 Å². The third-order valence-corrected chi connectivity index (χ3v) is 3.90. The highest BCUT2D eigenvalue weighted by Gasteiger charge is 2.09. The number of aromatic nitrogens is 2. The van der Waals surface area contributed by atoms with Crippen LogP contribution >= 0.6 is 23.4 Å². The maximum absolute atomic E-state index is 13.5. The molecule has 1 aromatic heterocycles. The van der Waals surface area contributed by atoms with Crippen molar-refractivity contribution in [2.75, 3.05) is 0 Å². The lowest BCUT2D eigenvalue weighted by Gasteiger charge is -2.05. The Morgan fingerprint density at radius 1 is 1.50 bits per heavy atom. The average molecular weight is 287 g/mol. The topological polar surface area (TPSA) is 38.0 Å². The molecule has 3 nitrogen and oxygen atoms in total. The molecule has 96 valence electrons. The van der Waals surface area contributed by atoms with Gasteiger partial charge in [-0.05, 0) is 23.8 Å². The predicted octanol–water partition coefficient (Wildman–Crippen LogP) is 3.00. The summed E-state index contributed by atoms with van der Waals surface area (Å²) >= 11 is 7.23. The highest BCUT2D eigenvalue weighted by atomic mass is 35.5. The number of hydrogen-bond acceptors (Lipinski definition) is 3. The van der Waals surface area contributed by atoms with Crippen molar-refractivity contribution >= 4 is 23.4 Å². The SMILES string of the molecule is Cn1c(CO)cnc1SCc1cc(Cl)ccc1F. The van der Waals surface area contributed by atoms with E-state index in [0.717, 1.165) is 10.9 Å². The number of aliphatic hydroxyl groups is 1. The van der Waals surface area contributed by atoms with Crippen molar-refractivity contribution in [3.05, 3.63) is 46.5 Å². The number of imidazole rings is 1. The largest absolute Gasteiger partial charge is 0.390 e. The summed E-state index contributed by atoms with van der Waals surface area (Å²) in [5.74, 6) is 0.172. The summed E-state index contributed by atoms with van der Waals surface area (Å²) in [6.45, 7) is -0.0599. The van der Waals surface area contributed by atoms with Crippen molar-refractivity contribution in [1.29, 1.82) is 0 Å². The molecule has 2 rings (SSSR count).